The van der Waals surface area contributed by atoms with E-state index in [9.17, 15) is 8.42 Å². The first-order valence-corrected chi connectivity index (χ1v) is 8.36. The summed E-state index contributed by atoms with van der Waals surface area (Å²) < 4.78 is 22.2. The number of benzene rings is 1. The lowest BCUT2D eigenvalue weighted by atomic mass is 9.99. The molecule has 0 aromatic heterocycles. The van der Waals surface area contributed by atoms with Crippen molar-refractivity contribution in [1.82, 2.24) is 0 Å². The van der Waals surface area contributed by atoms with Crippen LogP contribution < -0.4 is 0 Å². The monoisotopic (exact) mass is 294 g/mol. The molecule has 0 radical (unpaired) electrons. The minimum absolute atomic E-state index is 0.188. The molecule has 0 amide bonds. The normalized spacial score (nSPS) is 13.6. The van der Waals surface area contributed by atoms with Crippen LogP contribution in [0.1, 0.15) is 12.0 Å². The fraction of sp³-hybridized carbons (Fsp3) is 0.500. The summed E-state index contributed by atoms with van der Waals surface area (Å²) in [6, 6.07) is 7.56. The van der Waals surface area contributed by atoms with Crippen LogP contribution in [-0.4, -0.2) is 26.3 Å². The molecule has 1 unspecified atom stereocenters. The molecule has 0 aliphatic heterocycles. The minimum atomic E-state index is -2.91. The van der Waals surface area contributed by atoms with Crippen molar-refractivity contribution in [3.05, 3.63) is 34.9 Å². The summed E-state index contributed by atoms with van der Waals surface area (Å²) in [5.41, 5.74) is 1.13. The quantitative estimate of drug-likeness (QED) is 0.755. The van der Waals surface area contributed by atoms with Gasteiger partial charge in [0, 0.05) is 17.2 Å². The fourth-order valence-electron chi connectivity index (χ4n) is 1.57. The van der Waals surface area contributed by atoms with Gasteiger partial charge >= 0.3 is 0 Å². The molecule has 0 heterocycles. The van der Waals surface area contributed by atoms with Gasteiger partial charge in [0.2, 0.25) is 0 Å². The average Bonchev–Trinajstić information content (AvgIpc) is 2.25. The molecule has 1 aromatic rings. The second-order valence-electron chi connectivity index (χ2n) is 4.27. The molecule has 1 atom stereocenters. The van der Waals surface area contributed by atoms with E-state index in [1.165, 1.54) is 6.26 Å². The number of sulfone groups is 1. The van der Waals surface area contributed by atoms with E-state index in [2.05, 4.69) is 0 Å². The smallest absolute Gasteiger partial charge is 0.147 e. The fourth-order valence-corrected chi connectivity index (χ4v) is 2.72. The second kappa shape index (κ2) is 6.62. The Balaban J connectivity index is 2.55. The van der Waals surface area contributed by atoms with Crippen molar-refractivity contribution in [1.29, 1.82) is 0 Å². The Morgan fingerprint density at radius 3 is 2.29 bits per heavy atom. The molecular formula is C12H16Cl2O2S. The van der Waals surface area contributed by atoms with E-state index in [1.807, 2.05) is 24.3 Å². The van der Waals surface area contributed by atoms with Crippen LogP contribution in [0, 0.1) is 5.92 Å². The van der Waals surface area contributed by atoms with Crippen LogP contribution in [-0.2, 0) is 16.3 Å². The van der Waals surface area contributed by atoms with Crippen LogP contribution >= 0.6 is 23.2 Å². The highest BCUT2D eigenvalue weighted by Crippen LogP contribution is 2.17. The predicted octanol–water partition coefficient (Wildman–Crippen LogP) is 3.17. The maximum atomic E-state index is 11.1. The molecule has 2 nitrogen and oxygen atoms in total. The van der Waals surface area contributed by atoms with Crippen molar-refractivity contribution in [2.24, 2.45) is 5.92 Å². The molecule has 0 N–H and O–H groups in total. The summed E-state index contributed by atoms with van der Waals surface area (Å²) in [6.45, 7) is 0. The van der Waals surface area contributed by atoms with Crippen molar-refractivity contribution in [3.63, 3.8) is 0 Å². The molecule has 0 saturated heterocycles. The Morgan fingerprint density at radius 1 is 1.24 bits per heavy atom. The van der Waals surface area contributed by atoms with E-state index in [1.54, 1.807) is 0 Å². The highest BCUT2D eigenvalue weighted by Gasteiger charge is 2.12. The van der Waals surface area contributed by atoms with Crippen molar-refractivity contribution in [2.45, 2.75) is 12.8 Å². The molecular weight excluding hydrogens is 279 g/mol. The molecule has 0 aliphatic carbocycles. The zero-order valence-corrected chi connectivity index (χ0v) is 12.0. The number of hydrogen-bond donors (Lipinski definition) is 0. The summed E-state index contributed by atoms with van der Waals surface area (Å²) in [6.07, 6.45) is 2.64. The first-order chi connectivity index (χ1) is 7.90. The Bertz CT molecular complexity index is 440. The topological polar surface area (TPSA) is 34.1 Å². The third kappa shape index (κ3) is 6.29. The third-order valence-corrected chi connectivity index (χ3v) is 4.22. The molecule has 96 valence electrons. The van der Waals surface area contributed by atoms with Crippen molar-refractivity contribution >= 4 is 33.0 Å². The van der Waals surface area contributed by atoms with Crippen molar-refractivity contribution < 1.29 is 8.42 Å². The van der Waals surface area contributed by atoms with Crippen LogP contribution in [0.5, 0.6) is 0 Å². The van der Waals surface area contributed by atoms with E-state index < -0.39 is 9.84 Å². The van der Waals surface area contributed by atoms with Gasteiger partial charge in [0.15, 0.2) is 0 Å². The SMILES string of the molecule is CS(=O)(=O)CCC(CCl)Cc1ccc(Cl)cc1. The summed E-state index contributed by atoms with van der Waals surface area (Å²) in [5, 5.41) is 0.701. The van der Waals surface area contributed by atoms with Gasteiger partial charge in [-0.05, 0) is 36.5 Å². The minimum Gasteiger partial charge on any atom is -0.229 e. The lowest BCUT2D eigenvalue weighted by Gasteiger charge is -2.13. The Labute approximate surface area is 113 Å². The molecule has 17 heavy (non-hydrogen) atoms. The summed E-state index contributed by atoms with van der Waals surface area (Å²) in [4.78, 5) is 0. The standard InChI is InChI=1S/C12H16Cl2O2S/c1-17(15,16)7-6-11(9-13)8-10-2-4-12(14)5-3-10/h2-5,11H,6-9H2,1H3. The predicted molar refractivity (Wildman–Crippen MR) is 73.7 cm³/mol. The number of halogens is 2. The average molecular weight is 295 g/mol. The van der Waals surface area contributed by atoms with Gasteiger partial charge in [0.05, 0.1) is 5.75 Å². The van der Waals surface area contributed by atoms with E-state index >= 15 is 0 Å². The molecule has 5 heteroatoms. The maximum Gasteiger partial charge on any atom is 0.147 e. The van der Waals surface area contributed by atoms with E-state index in [-0.39, 0.29) is 11.7 Å². The van der Waals surface area contributed by atoms with Crippen molar-refractivity contribution in [3.8, 4) is 0 Å². The molecule has 0 bridgehead atoms. The van der Waals surface area contributed by atoms with Gasteiger partial charge in [-0.3, -0.25) is 0 Å². The van der Waals surface area contributed by atoms with Gasteiger partial charge in [-0.15, -0.1) is 11.6 Å². The zero-order valence-electron chi connectivity index (χ0n) is 9.70. The van der Waals surface area contributed by atoms with Gasteiger partial charge in [0.25, 0.3) is 0 Å². The van der Waals surface area contributed by atoms with Gasteiger partial charge < -0.3 is 0 Å². The van der Waals surface area contributed by atoms with Crippen LogP contribution in [0.2, 0.25) is 5.02 Å². The molecule has 0 spiro atoms. The van der Waals surface area contributed by atoms with Crippen LogP contribution in [0.15, 0.2) is 24.3 Å². The number of hydrogen-bond acceptors (Lipinski definition) is 2. The summed E-state index contributed by atoms with van der Waals surface area (Å²) in [7, 11) is -2.91. The molecule has 1 rings (SSSR count). The lowest BCUT2D eigenvalue weighted by molar-refractivity contribution is 0.550. The van der Waals surface area contributed by atoms with Gasteiger partial charge in [-0.2, -0.15) is 0 Å². The van der Waals surface area contributed by atoms with Crippen molar-refractivity contribution in [2.75, 3.05) is 17.9 Å². The first-order valence-electron chi connectivity index (χ1n) is 5.39. The largest absolute Gasteiger partial charge is 0.229 e. The third-order valence-electron chi connectivity index (χ3n) is 2.55. The highest BCUT2D eigenvalue weighted by atomic mass is 35.5. The van der Waals surface area contributed by atoms with Gasteiger partial charge in [-0.1, -0.05) is 23.7 Å². The molecule has 1 aromatic carbocycles. The van der Waals surface area contributed by atoms with Crippen LogP contribution in [0.4, 0.5) is 0 Å². The zero-order chi connectivity index (χ0) is 12.9. The highest BCUT2D eigenvalue weighted by molar-refractivity contribution is 7.90. The van der Waals surface area contributed by atoms with Crippen LogP contribution in [0.25, 0.3) is 0 Å². The second-order valence-corrected chi connectivity index (χ2v) is 7.27. The number of rotatable bonds is 6. The molecule has 0 aliphatic rings. The van der Waals surface area contributed by atoms with E-state index in [0.717, 1.165) is 12.0 Å². The lowest BCUT2D eigenvalue weighted by Crippen LogP contribution is -2.13. The van der Waals surface area contributed by atoms with Crippen LogP contribution in [0.3, 0.4) is 0 Å². The Kier molecular flexibility index (Phi) is 5.77. The molecule has 0 saturated carbocycles. The Morgan fingerprint density at radius 2 is 1.82 bits per heavy atom. The first kappa shape index (κ1) is 14.8. The number of alkyl halides is 1. The summed E-state index contributed by atoms with van der Waals surface area (Å²) >= 11 is 11.7. The maximum absolute atomic E-state index is 11.1. The van der Waals surface area contributed by atoms with E-state index in [0.29, 0.717) is 17.3 Å². The van der Waals surface area contributed by atoms with E-state index in [4.69, 9.17) is 23.2 Å². The van der Waals surface area contributed by atoms with Gasteiger partial charge in [-0.25, -0.2) is 8.42 Å². The van der Waals surface area contributed by atoms with Gasteiger partial charge in [0.1, 0.15) is 9.84 Å². The molecule has 0 fully saturated rings. The Hall–Kier alpha value is -0.250. The summed E-state index contributed by atoms with van der Waals surface area (Å²) in [5.74, 6) is 0.850.